The number of fused-ring (bicyclic) bond motifs is 1. The average molecular weight is 259 g/mol. The molecule has 1 aromatic heterocycles. The van der Waals surface area contributed by atoms with Crippen molar-refractivity contribution in [2.24, 2.45) is 0 Å². The molecular weight excluding hydrogens is 242 g/mol. The highest BCUT2D eigenvalue weighted by Crippen LogP contribution is 2.24. The second-order valence-corrected chi connectivity index (χ2v) is 5.11. The van der Waals surface area contributed by atoms with Crippen LogP contribution in [0.4, 0.5) is 0 Å². The fourth-order valence-electron chi connectivity index (χ4n) is 2.70. The molecule has 1 saturated heterocycles. The van der Waals surface area contributed by atoms with Crippen LogP contribution in [0.3, 0.4) is 0 Å². The monoisotopic (exact) mass is 259 g/mol. The van der Waals surface area contributed by atoms with Gasteiger partial charge in [0.1, 0.15) is 11.3 Å². The number of likely N-dealkylation sites (tertiary alicyclic amines) is 1. The first-order valence-corrected chi connectivity index (χ1v) is 6.70. The summed E-state index contributed by atoms with van der Waals surface area (Å²) in [5.74, 6) is 0.196. The summed E-state index contributed by atoms with van der Waals surface area (Å²) in [6, 6.07) is 6.38. The fourth-order valence-corrected chi connectivity index (χ4v) is 2.70. The number of hydrogen-bond donors (Lipinski definition) is 1. The van der Waals surface area contributed by atoms with Crippen LogP contribution in [0.1, 0.15) is 24.8 Å². The normalized spacial score (nSPS) is 16.8. The van der Waals surface area contributed by atoms with E-state index in [9.17, 15) is 9.90 Å². The van der Waals surface area contributed by atoms with Gasteiger partial charge in [-0.25, -0.2) is 4.79 Å². The number of aromatic hydroxyl groups is 1. The molecule has 4 nitrogen and oxygen atoms in total. The van der Waals surface area contributed by atoms with Crippen molar-refractivity contribution in [2.45, 2.75) is 25.8 Å². The van der Waals surface area contributed by atoms with Crippen LogP contribution in [-0.4, -0.2) is 23.1 Å². The van der Waals surface area contributed by atoms with Crippen LogP contribution in [0.15, 0.2) is 33.5 Å². The highest BCUT2D eigenvalue weighted by Gasteiger charge is 2.13. The van der Waals surface area contributed by atoms with E-state index >= 15 is 0 Å². The molecular formula is C15H17NO3. The Morgan fingerprint density at radius 2 is 1.95 bits per heavy atom. The fraction of sp³-hybridized carbons (Fsp3) is 0.400. The summed E-state index contributed by atoms with van der Waals surface area (Å²) in [6.07, 6.45) is 3.71. The third kappa shape index (κ3) is 2.63. The molecule has 0 unspecified atom stereocenters. The molecule has 0 radical (unpaired) electrons. The lowest BCUT2D eigenvalue weighted by molar-refractivity contribution is 0.221. The van der Waals surface area contributed by atoms with E-state index in [4.69, 9.17) is 4.42 Å². The van der Waals surface area contributed by atoms with Crippen LogP contribution in [0.5, 0.6) is 5.75 Å². The minimum absolute atomic E-state index is 0.196. The number of phenolic OH excluding ortho intramolecular Hbond substituents is 1. The molecule has 100 valence electrons. The Labute approximate surface area is 111 Å². The molecule has 1 N–H and O–H groups in total. The van der Waals surface area contributed by atoms with Gasteiger partial charge in [-0.05, 0) is 49.7 Å². The van der Waals surface area contributed by atoms with Crippen molar-refractivity contribution < 1.29 is 9.52 Å². The summed E-state index contributed by atoms with van der Waals surface area (Å²) in [5, 5.41) is 10.4. The van der Waals surface area contributed by atoms with E-state index in [0.29, 0.717) is 5.58 Å². The van der Waals surface area contributed by atoms with Crippen molar-refractivity contribution in [3.63, 3.8) is 0 Å². The molecule has 0 aliphatic carbocycles. The quantitative estimate of drug-likeness (QED) is 0.842. The maximum atomic E-state index is 11.6. The minimum Gasteiger partial charge on any atom is -0.508 e. The van der Waals surface area contributed by atoms with E-state index in [1.807, 2.05) is 0 Å². The molecule has 19 heavy (non-hydrogen) atoms. The van der Waals surface area contributed by atoms with Gasteiger partial charge in [0, 0.05) is 18.0 Å². The molecule has 2 heterocycles. The molecule has 1 fully saturated rings. The molecule has 0 bridgehead atoms. The SMILES string of the molecule is O=c1cc(CN2CCCCC2)c2cc(O)ccc2o1. The van der Waals surface area contributed by atoms with Crippen LogP contribution in [0, 0.1) is 0 Å². The van der Waals surface area contributed by atoms with E-state index < -0.39 is 0 Å². The molecule has 2 aromatic rings. The third-order valence-electron chi connectivity index (χ3n) is 3.65. The van der Waals surface area contributed by atoms with Crippen molar-refractivity contribution in [1.29, 1.82) is 0 Å². The van der Waals surface area contributed by atoms with Crippen LogP contribution in [-0.2, 0) is 6.54 Å². The zero-order valence-electron chi connectivity index (χ0n) is 10.8. The Kier molecular flexibility index (Phi) is 3.25. The largest absolute Gasteiger partial charge is 0.508 e. The first kappa shape index (κ1) is 12.2. The van der Waals surface area contributed by atoms with Gasteiger partial charge in [-0.2, -0.15) is 0 Å². The van der Waals surface area contributed by atoms with E-state index in [1.54, 1.807) is 12.1 Å². The second kappa shape index (κ2) is 5.05. The van der Waals surface area contributed by atoms with Crippen LogP contribution < -0.4 is 5.63 Å². The van der Waals surface area contributed by atoms with Gasteiger partial charge in [0.25, 0.3) is 0 Å². The number of rotatable bonds is 2. The zero-order valence-corrected chi connectivity index (χ0v) is 10.8. The van der Waals surface area contributed by atoms with Crippen LogP contribution >= 0.6 is 0 Å². The Balaban J connectivity index is 2.00. The second-order valence-electron chi connectivity index (χ2n) is 5.11. The lowest BCUT2D eigenvalue weighted by Gasteiger charge is -2.26. The summed E-state index contributed by atoms with van der Waals surface area (Å²) in [7, 11) is 0. The van der Waals surface area contributed by atoms with Gasteiger partial charge in [0.2, 0.25) is 0 Å². The predicted octanol–water partition coefficient (Wildman–Crippen LogP) is 2.48. The standard InChI is InChI=1S/C15H17NO3/c17-12-4-5-14-13(9-12)11(8-15(18)19-14)10-16-6-2-1-3-7-16/h4-5,8-9,17H,1-3,6-7,10H2. The Bertz CT molecular complexity index is 641. The summed E-state index contributed by atoms with van der Waals surface area (Å²) in [5.41, 5.74) is 1.14. The molecule has 1 aromatic carbocycles. The number of nitrogens with zero attached hydrogens (tertiary/aromatic N) is 1. The Morgan fingerprint density at radius 1 is 1.16 bits per heavy atom. The molecule has 0 saturated carbocycles. The van der Waals surface area contributed by atoms with E-state index in [2.05, 4.69) is 4.90 Å². The minimum atomic E-state index is -0.329. The van der Waals surface area contributed by atoms with Crippen LogP contribution in [0.2, 0.25) is 0 Å². The topological polar surface area (TPSA) is 53.7 Å². The number of piperidine rings is 1. The van der Waals surface area contributed by atoms with Gasteiger partial charge in [0.05, 0.1) is 0 Å². The van der Waals surface area contributed by atoms with Gasteiger partial charge in [-0.15, -0.1) is 0 Å². The van der Waals surface area contributed by atoms with E-state index in [0.717, 1.165) is 30.6 Å². The van der Waals surface area contributed by atoms with E-state index in [-0.39, 0.29) is 11.4 Å². The molecule has 0 spiro atoms. The van der Waals surface area contributed by atoms with Gasteiger partial charge in [0.15, 0.2) is 0 Å². The third-order valence-corrected chi connectivity index (χ3v) is 3.65. The number of phenols is 1. The van der Waals surface area contributed by atoms with Gasteiger partial charge >= 0.3 is 5.63 Å². The first-order valence-electron chi connectivity index (χ1n) is 6.70. The zero-order chi connectivity index (χ0) is 13.2. The van der Waals surface area contributed by atoms with Crippen molar-refractivity contribution in [3.05, 3.63) is 40.2 Å². The number of benzene rings is 1. The summed E-state index contributed by atoms with van der Waals surface area (Å²) in [4.78, 5) is 13.9. The molecule has 1 aliphatic heterocycles. The smallest absolute Gasteiger partial charge is 0.336 e. The summed E-state index contributed by atoms with van der Waals surface area (Å²) >= 11 is 0. The van der Waals surface area contributed by atoms with Crippen molar-refractivity contribution in [1.82, 2.24) is 4.90 Å². The highest BCUT2D eigenvalue weighted by atomic mass is 16.4. The first-order chi connectivity index (χ1) is 9.22. The highest BCUT2D eigenvalue weighted by molar-refractivity contribution is 5.81. The maximum absolute atomic E-state index is 11.6. The van der Waals surface area contributed by atoms with E-state index in [1.165, 1.54) is 31.4 Å². The van der Waals surface area contributed by atoms with Crippen molar-refractivity contribution in [2.75, 3.05) is 13.1 Å². The summed E-state index contributed by atoms with van der Waals surface area (Å²) < 4.78 is 5.16. The molecule has 0 amide bonds. The van der Waals surface area contributed by atoms with Crippen molar-refractivity contribution >= 4 is 11.0 Å². The van der Waals surface area contributed by atoms with Gasteiger partial charge in [-0.3, -0.25) is 4.90 Å². The van der Waals surface area contributed by atoms with Crippen LogP contribution in [0.25, 0.3) is 11.0 Å². The number of hydrogen-bond acceptors (Lipinski definition) is 4. The van der Waals surface area contributed by atoms with Gasteiger partial charge < -0.3 is 9.52 Å². The molecule has 4 heteroatoms. The molecule has 0 atom stereocenters. The maximum Gasteiger partial charge on any atom is 0.336 e. The Hall–Kier alpha value is -1.81. The lowest BCUT2D eigenvalue weighted by atomic mass is 10.1. The molecule has 1 aliphatic rings. The lowest BCUT2D eigenvalue weighted by Crippen LogP contribution is -2.29. The predicted molar refractivity (Wildman–Crippen MR) is 73.3 cm³/mol. The molecule has 3 rings (SSSR count). The average Bonchev–Trinajstić information content (AvgIpc) is 2.41. The van der Waals surface area contributed by atoms with Gasteiger partial charge in [-0.1, -0.05) is 6.42 Å². The summed E-state index contributed by atoms with van der Waals surface area (Å²) in [6.45, 7) is 2.88. The van der Waals surface area contributed by atoms with Crippen molar-refractivity contribution in [3.8, 4) is 5.75 Å². The Morgan fingerprint density at radius 3 is 2.74 bits per heavy atom.